The van der Waals surface area contributed by atoms with Gasteiger partial charge in [0.15, 0.2) is 5.11 Å². The lowest BCUT2D eigenvalue weighted by Gasteiger charge is -2.09. The number of hydrogen-bond donors (Lipinski definition) is 2. The standard InChI is InChI=1S/C18H14N4O3S/c19-17(26)22-21-11-15-13-7-4-8-16(14(13)9-10-20-15)25-18(23)24-12-5-2-1-3-6-12/h1-11H,(H3,19,22,26)/b21-11+. The Labute approximate surface area is 154 Å². The molecule has 0 saturated heterocycles. The largest absolute Gasteiger partial charge is 0.519 e. The molecule has 0 fully saturated rings. The van der Waals surface area contributed by atoms with Crippen LogP contribution in [0.4, 0.5) is 4.79 Å². The van der Waals surface area contributed by atoms with Gasteiger partial charge in [0.25, 0.3) is 0 Å². The van der Waals surface area contributed by atoms with Crippen molar-refractivity contribution in [3.8, 4) is 11.5 Å². The van der Waals surface area contributed by atoms with Gasteiger partial charge in [0, 0.05) is 17.0 Å². The number of fused-ring (bicyclic) bond motifs is 1. The summed E-state index contributed by atoms with van der Waals surface area (Å²) in [5.41, 5.74) is 8.36. The van der Waals surface area contributed by atoms with Crippen molar-refractivity contribution < 1.29 is 14.3 Å². The Morgan fingerprint density at radius 3 is 2.65 bits per heavy atom. The molecule has 0 aliphatic carbocycles. The number of hydrazone groups is 1. The summed E-state index contributed by atoms with van der Waals surface area (Å²) in [4.78, 5) is 16.3. The summed E-state index contributed by atoms with van der Waals surface area (Å²) in [6.45, 7) is 0. The van der Waals surface area contributed by atoms with Gasteiger partial charge in [-0.15, -0.1) is 0 Å². The van der Waals surface area contributed by atoms with Crippen molar-refractivity contribution in [3.63, 3.8) is 0 Å². The number of aromatic nitrogens is 1. The maximum absolute atomic E-state index is 12.0. The summed E-state index contributed by atoms with van der Waals surface area (Å²) in [6, 6.07) is 15.7. The van der Waals surface area contributed by atoms with Crippen LogP contribution >= 0.6 is 12.2 Å². The molecule has 3 aromatic rings. The molecule has 0 bridgehead atoms. The highest BCUT2D eigenvalue weighted by atomic mass is 32.1. The number of benzene rings is 2. The van der Waals surface area contributed by atoms with Gasteiger partial charge >= 0.3 is 6.16 Å². The third-order valence-corrected chi connectivity index (χ3v) is 3.39. The smallest absolute Gasteiger partial charge is 0.395 e. The second-order valence-corrected chi connectivity index (χ2v) is 5.49. The number of nitrogens with two attached hydrogens (primary N) is 1. The first-order valence-corrected chi connectivity index (χ1v) is 7.95. The van der Waals surface area contributed by atoms with E-state index in [9.17, 15) is 4.79 Å². The molecule has 130 valence electrons. The predicted molar refractivity (Wildman–Crippen MR) is 102 cm³/mol. The maximum Gasteiger partial charge on any atom is 0.519 e. The van der Waals surface area contributed by atoms with Crippen LogP contribution in [0.5, 0.6) is 11.5 Å². The van der Waals surface area contributed by atoms with E-state index in [0.717, 1.165) is 5.39 Å². The number of thiocarbonyl (C=S) groups is 1. The van der Waals surface area contributed by atoms with Crippen LogP contribution < -0.4 is 20.6 Å². The van der Waals surface area contributed by atoms with Crippen LogP contribution in [0.15, 0.2) is 65.9 Å². The number of hydrogen-bond acceptors (Lipinski definition) is 6. The molecule has 8 heteroatoms. The topological polar surface area (TPSA) is 98.8 Å². The van der Waals surface area contributed by atoms with Crippen LogP contribution in [0, 0.1) is 0 Å². The van der Waals surface area contributed by atoms with Gasteiger partial charge in [-0.25, -0.2) is 4.79 Å². The number of ether oxygens (including phenoxy) is 2. The van der Waals surface area contributed by atoms with E-state index < -0.39 is 6.16 Å². The van der Waals surface area contributed by atoms with Gasteiger partial charge < -0.3 is 15.2 Å². The number of nitrogens with one attached hydrogen (secondary N) is 1. The molecule has 0 radical (unpaired) electrons. The number of rotatable bonds is 4. The minimum atomic E-state index is -0.828. The zero-order chi connectivity index (χ0) is 18.4. The van der Waals surface area contributed by atoms with E-state index in [1.54, 1.807) is 48.7 Å². The van der Waals surface area contributed by atoms with Crippen molar-refractivity contribution in [2.45, 2.75) is 0 Å². The van der Waals surface area contributed by atoms with Crippen molar-refractivity contribution in [2.24, 2.45) is 10.8 Å². The molecule has 1 aromatic heterocycles. The number of carbonyl (C=O) groups excluding carboxylic acids is 1. The molecule has 0 aliphatic heterocycles. The first-order chi connectivity index (χ1) is 12.6. The monoisotopic (exact) mass is 366 g/mol. The van der Waals surface area contributed by atoms with Crippen molar-refractivity contribution >= 4 is 40.5 Å². The maximum atomic E-state index is 12.0. The van der Waals surface area contributed by atoms with E-state index in [0.29, 0.717) is 22.6 Å². The minimum absolute atomic E-state index is 0.0502. The highest BCUT2D eigenvalue weighted by molar-refractivity contribution is 7.80. The third-order valence-electron chi connectivity index (χ3n) is 3.30. The first kappa shape index (κ1) is 17.3. The van der Waals surface area contributed by atoms with E-state index in [1.165, 1.54) is 6.21 Å². The Kier molecular flexibility index (Phi) is 5.35. The molecule has 7 nitrogen and oxygen atoms in total. The van der Waals surface area contributed by atoms with E-state index in [4.69, 9.17) is 15.2 Å². The average molecular weight is 366 g/mol. The normalized spacial score (nSPS) is 10.6. The van der Waals surface area contributed by atoms with Gasteiger partial charge in [0.1, 0.15) is 11.5 Å². The third kappa shape index (κ3) is 4.31. The van der Waals surface area contributed by atoms with Gasteiger partial charge in [-0.2, -0.15) is 5.10 Å². The van der Waals surface area contributed by atoms with E-state index >= 15 is 0 Å². The van der Waals surface area contributed by atoms with Gasteiger partial charge in [0.2, 0.25) is 0 Å². The molecule has 0 saturated carbocycles. The molecule has 3 rings (SSSR count). The van der Waals surface area contributed by atoms with Crippen molar-refractivity contribution in [1.29, 1.82) is 0 Å². The van der Waals surface area contributed by atoms with Crippen molar-refractivity contribution in [1.82, 2.24) is 10.4 Å². The second kappa shape index (κ2) is 8.04. The summed E-state index contributed by atoms with van der Waals surface area (Å²) in [7, 11) is 0. The Hall–Kier alpha value is -3.52. The lowest BCUT2D eigenvalue weighted by Crippen LogP contribution is -2.24. The zero-order valence-corrected chi connectivity index (χ0v) is 14.3. The average Bonchev–Trinajstić information content (AvgIpc) is 2.63. The van der Waals surface area contributed by atoms with Crippen LogP contribution in [-0.4, -0.2) is 22.5 Å². The quantitative estimate of drug-likeness (QED) is 0.241. The van der Waals surface area contributed by atoms with Crippen LogP contribution in [-0.2, 0) is 0 Å². The molecule has 0 unspecified atom stereocenters. The van der Waals surface area contributed by atoms with Crippen LogP contribution in [0.3, 0.4) is 0 Å². The zero-order valence-electron chi connectivity index (χ0n) is 13.5. The lowest BCUT2D eigenvalue weighted by atomic mass is 10.1. The number of nitrogens with zero attached hydrogens (tertiary/aromatic N) is 2. The fourth-order valence-corrected chi connectivity index (χ4v) is 2.30. The summed E-state index contributed by atoms with van der Waals surface area (Å²) < 4.78 is 10.5. The molecule has 1 heterocycles. The molecule has 26 heavy (non-hydrogen) atoms. The molecular weight excluding hydrogens is 352 g/mol. The first-order valence-electron chi connectivity index (χ1n) is 7.54. The molecule has 2 aromatic carbocycles. The van der Waals surface area contributed by atoms with Crippen molar-refractivity contribution in [3.05, 3.63) is 66.5 Å². The Morgan fingerprint density at radius 1 is 1.08 bits per heavy atom. The van der Waals surface area contributed by atoms with Gasteiger partial charge in [-0.1, -0.05) is 30.3 Å². The molecule has 0 aliphatic rings. The Morgan fingerprint density at radius 2 is 1.88 bits per heavy atom. The lowest BCUT2D eigenvalue weighted by molar-refractivity contribution is 0.152. The number of para-hydroxylation sites is 1. The van der Waals surface area contributed by atoms with E-state index in [2.05, 4.69) is 27.7 Å². The summed E-state index contributed by atoms with van der Waals surface area (Å²) >= 11 is 4.69. The number of carbonyl (C=O) groups is 1. The van der Waals surface area contributed by atoms with Gasteiger partial charge in [-0.05, 0) is 36.5 Å². The number of pyridine rings is 1. The van der Waals surface area contributed by atoms with E-state index in [1.807, 2.05) is 12.1 Å². The van der Waals surface area contributed by atoms with Crippen LogP contribution in [0.1, 0.15) is 5.69 Å². The van der Waals surface area contributed by atoms with Crippen LogP contribution in [0.2, 0.25) is 0 Å². The van der Waals surface area contributed by atoms with E-state index in [-0.39, 0.29) is 5.11 Å². The molecule has 0 spiro atoms. The molecular formula is C18H14N4O3S. The molecule has 3 N–H and O–H groups in total. The van der Waals surface area contributed by atoms with Gasteiger partial charge in [-0.3, -0.25) is 10.4 Å². The van der Waals surface area contributed by atoms with Gasteiger partial charge in [0.05, 0.1) is 11.9 Å². The van der Waals surface area contributed by atoms with Crippen molar-refractivity contribution in [2.75, 3.05) is 0 Å². The molecule has 0 atom stereocenters. The molecule has 0 amide bonds. The highest BCUT2D eigenvalue weighted by Crippen LogP contribution is 2.27. The van der Waals surface area contributed by atoms with Crippen LogP contribution in [0.25, 0.3) is 10.8 Å². The summed E-state index contributed by atoms with van der Waals surface area (Å²) in [5, 5.41) is 5.38. The second-order valence-electron chi connectivity index (χ2n) is 5.05. The highest BCUT2D eigenvalue weighted by Gasteiger charge is 2.12. The fourth-order valence-electron chi connectivity index (χ4n) is 2.25. The predicted octanol–water partition coefficient (Wildman–Crippen LogP) is 2.98. The fraction of sp³-hybridized carbons (Fsp3) is 0. The minimum Gasteiger partial charge on any atom is -0.395 e. The summed E-state index contributed by atoms with van der Waals surface area (Å²) in [6.07, 6.45) is 2.24. The SMILES string of the molecule is NC(=S)N/N=C/c1nccc2c(OC(=O)Oc3ccccc3)cccc12. The summed E-state index contributed by atoms with van der Waals surface area (Å²) in [5.74, 6) is 0.749. The Bertz CT molecular complexity index is 977. The Balaban J connectivity index is 1.84.